The lowest BCUT2D eigenvalue weighted by Crippen LogP contribution is -2.71. The van der Waals surface area contributed by atoms with Crippen LogP contribution in [0.1, 0.15) is 65.1 Å². The standard InChI is InChI=1S/C52H42ClN3O20S2/c1-24(57)18-67-30-5-8-36-40(13-30)74-41-14-31(71-21-68-25(2)58)6-9-37(41)52(36)35-10-7-32(15-33(35)50(65)76-52)77-19-29-20-78-48-44(47(63)56(48)45(29)51(66)73-23-70-27(4)60)55-43(61)17-54-46(62)34-11-28-12-38(53)42(72-22-69-26(3)59)16-39(28)75-49(34)64/h5-16,44,48H,17-23H2,1-4H3,(H,54,62)(H,55,61)/t44-,48-,52?/m1/s1. The number of benzene rings is 4. The number of rotatable bonds is 19. The fraction of sp³-hybridized carbons (Fsp3) is 0.269. The molecule has 1 unspecified atom stereocenters. The van der Waals surface area contributed by atoms with Gasteiger partial charge in [-0.25, -0.2) is 14.4 Å². The summed E-state index contributed by atoms with van der Waals surface area (Å²) in [5, 5.41) is 4.36. The van der Waals surface area contributed by atoms with Crippen LogP contribution >= 0.6 is 35.1 Å². The number of Topliss-reactive ketones (excluding diaryl/α,β-unsaturated/α-hetero) is 1. The van der Waals surface area contributed by atoms with Crippen LogP contribution in [-0.2, 0) is 62.8 Å². The molecule has 78 heavy (non-hydrogen) atoms. The van der Waals surface area contributed by atoms with Gasteiger partial charge in [0, 0.05) is 77.4 Å². The van der Waals surface area contributed by atoms with Crippen molar-refractivity contribution in [2.75, 3.05) is 45.0 Å². The second kappa shape index (κ2) is 22.6. The molecule has 26 heteroatoms. The predicted octanol–water partition coefficient (Wildman–Crippen LogP) is 5.02. The Kier molecular flexibility index (Phi) is 15.7. The zero-order valence-electron chi connectivity index (χ0n) is 41.3. The molecule has 5 heterocycles. The minimum absolute atomic E-state index is 0.00357. The average molecular weight is 1130 g/mol. The number of nitrogens with one attached hydrogen (secondary N) is 2. The number of carbonyl (C=O) groups excluding carboxylic acids is 9. The molecule has 0 radical (unpaired) electrons. The van der Waals surface area contributed by atoms with Crippen LogP contribution in [0.4, 0.5) is 0 Å². The summed E-state index contributed by atoms with van der Waals surface area (Å²) in [6.07, 6.45) is 0. The molecule has 23 nitrogen and oxygen atoms in total. The fourth-order valence-electron chi connectivity index (χ4n) is 8.54. The molecule has 1 aromatic heterocycles. The maximum absolute atomic E-state index is 14.1. The summed E-state index contributed by atoms with van der Waals surface area (Å²) in [7, 11) is 0. The second-order valence-electron chi connectivity index (χ2n) is 17.3. The molecule has 9 rings (SSSR count). The number of thioether (sulfide) groups is 2. The van der Waals surface area contributed by atoms with Gasteiger partial charge in [-0.2, -0.15) is 0 Å². The Hall–Kier alpha value is -8.55. The van der Waals surface area contributed by atoms with E-state index in [0.29, 0.717) is 32.9 Å². The second-order valence-corrected chi connectivity index (χ2v) is 19.9. The first-order valence-corrected chi connectivity index (χ1v) is 25.7. The van der Waals surface area contributed by atoms with Gasteiger partial charge >= 0.3 is 35.5 Å². The Bertz CT molecular complexity index is 3490. The van der Waals surface area contributed by atoms with Crippen molar-refractivity contribution in [1.82, 2.24) is 15.5 Å². The number of hydrogen-bond acceptors (Lipinski definition) is 22. The molecule has 1 fully saturated rings. The van der Waals surface area contributed by atoms with Gasteiger partial charge in [-0.05, 0) is 61.0 Å². The quantitative estimate of drug-likeness (QED) is 0.0274. The van der Waals surface area contributed by atoms with Crippen molar-refractivity contribution in [2.24, 2.45) is 0 Å². The molecular weight excluding hydrogens is 1090 g/mol. The molecular formula is C52H42ClN3O20S2. The molecule has 4 aromatic carbocycles. The number of amides is 3. The number of nitrogens with zero attached hydrogens (tertiary/aromatic N) is 1. The number of β-lactam (4-membered cyclic amide) rings is 1. The van der Waals surface area contributed by atoms with Crippen molar-refractivity contribution in [2.45, 2.75) is 49.6 Å². The van der Waals surface area contributed by atoms with Crippen LogP contribution in [0.3, 0.4) is 0 Å². The van der Waals surface area contributed by atoms with Gasteiger partial charge in [-0.3, -0.25) is 38.5 Å². The first-order chi connectivity index (χ1) is 37.3. The lowest BCUT2D eigenvalue weighted by atomic mass is 9.77. The zero-order valence-corrected chi connectivity index (χ0v) is 43.7. The predicted molar refractivity (Wildman–Crippen MR) is 271 cm³/mol. The van der Waals surface area contributed by atoms with Crippen LogP contribution in [0, 0.1) is 0 Å². The van der Waals surface area contributed by atoms with E-state index in [-0.39, 0.29) is 80.9 Å². The average Bonchev–Trinajstić information content (AvgIpc) is 3.93. The Morgan fingerprint density at radius 1 is 0.769 bits per heavy atom. The zero-order chi connectivity index (χ0) is 55.6. The molecule has 0 saturated carbocycles. The summed E-state index contributed by atoms with van der Waals surface area (Å²) >= 11 is 8.73. The van der Waals surface area contributed by atoms with Gasteiger partial charge in [0.2, 0.25) is 26.3 Å². The molecule has 5 aromatic rings. The number of carbonyl (C=O) groups is 9. The number of esters is 5. The third-order valence-electron chi connectivity index (χ3n) is 12.0. The van der Waals surface area contributed by atoms with Crippen molar-refractivity contribution in [1.29, 1.82) is 0 Å². The van der Waals surface area contributed by atoms with Crippen LogP contribution in [0.25, 0.3) is 11.0 Å². The number of fused-ring (bicyclic) bond motifs is 8. The van der Waals surface area contributed by atoms with E-state index in [1.165, 1.54) is 62.5 Å². The molecule has 4 aliphatic heterocycles. The molecule has 0 bridgehead atoms. The number of halogens is 1. The number of ether oxygens (including phenoxy) is 9. The normalized spacial score (nSPS) is 17.4. The van der Waals surface area contributed by atoms with Crippen molar-refractivity contribution in [3.05, 3.63) is 127 Å². The van der Waals surface area contributed by atoms with E-state index in [1.54, 1.807) is 54.6 Å². The van der Waals surface area contributed by atoms with Crippen molar-refractivity contribution < 1.29 is 90.2 Å². The summed E-state index contributed by atoms with van der Waals surface area (Å²) in [6, 6.07) is 17.5. The monoisotopic (exact) mass is 1130 g/mol. The highest BCUT2D eigenvalue weighted by molar-refractivity contribution is 8.01. The highest BCUT2D eigenvalue weighted by Gasteiger charge is 2.56. The molecule has 3 atom stereocenters. The minimum atomic E-state index is -1.54. The first kappa shape index (κ1) is 54.2. The molecule has 404 valence electrons. The van der Waals surface area contributed by atoms with Crippen molar-refractivity contribution >= 4 is 99.4 Å². The SMILES string of the molecule is CC(=O)COc1ccc2c(c1)Oc1cc(OCOC(C)=O)ccc1C21OC(=O)c2cc(SCC3=C(C(=O)OCOC(C)=O)N4C(=O)[C@@H](NC(=O)CNC(=O)c5cc6cc(Cl)c(OCOC(C)=O)cc6oc5=O)[C@H]4SC3)ccc21. The lowest BCUT2D eigenvalue weighted by molar-refractivity contribution is -0.166. The topological polar surface area (TPSA) is 294 Å². The van der Waals surface area contributed by atoms with Crippen molar-refractivity contribution in [3.8, 4) is 28.7 Å². The molecule has 1 saturated heterocycles. The minimum Gasteiger partial charge on any atom is -0.486 e. The van der Waals surface area contributed by atoms with E-state index in [9.17, 15) is 47.9 Å². The first-order valence-electron chi connectivity index (χ1n) is 23.3. The molecule has 1 spiro atoms. The molecule has 2 N–H and O–H groups in total. The van der Waals surface area contributed by atoms with E-state index in [0.717, 1.165) is 11.8 Å². The lowest BCUT2D eigenvalue weighted by Gasteiger charge is -2.49. The van der Waals surface area contributed by atoms with Crippen LogP contribution in [-0.4, -0.2) is 115 Å². The third-order valence-corrected chi connectivity index (χ3v) is 14.7. The van der Waals surface area contributed by atoms with Crippen LogP contribution in [0.15, 0.2) is 98.2 Å². The summed E-state index contributed by atoms with van der Waals surface area (Å²) < 4.78 is 54.3. The Labute approximate surface area is 454 Å². The molecule has 4 aliphatic rings. The summed E-state index contributed by atoms with van der Waals surface area (Å²) in [6.45, 7) is 2.45. The Morgan fingerprint density at radius 3 is 2.10 bits per heavy atom. The largest absolute Gasteiger partial charge is 0.486 e. The van der Waals surface area contributed by atoms with Gasteiger partial charge in [0.1, 0.15) is 63.6 Å². The summed E-state index contributed by atoms with van der Waals surface area (Å²) in [5.74, 6) is -4.87. The van der Waals surface area contributed by atoms with E-state index >= 15 is 0 Å². The third kappa shape index (κ3) is 11.1. The summed E-state index contributed by atoms with van der Waals surface area (Å²) in [5.41, 5.74) is -1.22. The van der Waals surface area contributed by atoms with Gasteiger partial charge in [0.15, 0.2) is 11.4 Å². The summed E-state index contributed by atoms with van der Waals surface area (Å²) in [4.78, 5) is 128. The van der Waals surface area contributed by atoms with Crippen LogP contribution in [0.2, 0.25) is 5.02 Å². The van der Waals surface area contributed by atoms with E-state index in [2.05, 4.69) is 10.6 Å². The number of ketones is 1. The highest BCUT2D eigenvalue weighted by Crippen LogP contribution is 2.57. The van der Waals surface area contributed by atoms with Gasteiger partial charge < -0.3 is 57.7 Å². The Morgan fingerprint density at radius 2 is 1.42 bits per heavy atom. The van der Waals surface area contributed by atoms with Crippen LogP contribution < -0.4 is 35.2 Å². The van der Waals surface area contributed by atoms with E-state index in [1.807, 2.05) is 0 Å². The van der Waals surface area contributed by atoms with Crippen molar-refractivity contribution in [3.63, 3.8) is 0 Å². The Balaban J connectivity index is 0.910. The van der Waals surface area contributed by atoms with Gasteiger partial charge in [-0.1, -0.05) is 17.7 Å². The molecule has 3 amide bonds. The van der Waals surface area contributed by atoms with Gasteiger partial charge in [0.05, 0.1) is 17.1 Å². The van der Waals surface area contributed by atoms with E-state index < -0.39 is 95.9 Å². The number of hydrogen-bond donors (Lipinski definition) is 2. The fourth-order valence-corrected chi connectivity index (χ4v) is 11.2. The van der Waals surface area contributed by atoms with Gasteiger partial charge in [0.25, 0.3) is 11.8 Å². The van der Waals surface area contributed by atoms with E-state index in [4.69, 9.17) is 58.6 Å². The maximum atomic E-state index is 14.1. The van der Waals surface area contributed by atoms with Crippen LogP contribution in [0.5, 0.6) is 28.7 Å². The van der Waals surface area contributed by atoms with Gasteiger partial charge in [-0.15, -0.1) is 23.5 Å². The highest BCUT2D eigenvalue weighted by atomic mass is 35.5. The maximum Gasteiger partial charge on any atom is 0.357 e. The molecule has 0 aliphatic carbocycles. The smallest absolute Gasteiger partial charge is 0.357 e.